The minimum Gasteiger partial charge on any atom is -0.259 e. The maximum Gasteiger partial charge on any atom is 0.211 e. The largest absolute Gasteiger partial charge is 0.259 e. The van der Waals surface area contributed by atoms with Gasteiger partial charge in [0.1, 0.15) is 5.01 Å². The van der Waals surface area contributed by atoms with E-state index in [0.29, 0.717) is 6.54 Å². The fourth-order valence-electron chi connectivity index (χ4n) is 2.76. The lowest BCUT2D eigenvalue weighted by molar-refractivity contribution is 0.394. The van der Waals surface area contributed by atoms with Crippen molar-refractivity contribution in [3.63, 3.8) is 0 Å². The molecule has 1 saturated heterocycles. The molecule has 7 heteroatoms. The third-order valence-electron chi connectivity index (χ3n) is 4.03. The van der Waals surface area contributed by atoms with E-state index in [1.165, 1.54) is 11.1 Å². The molecule has 5 nitrogen and oxygen atoms in total. The molecule has 2 aromatic rings. The van der Waals surface area contributed by atoms with Crippen molar-refractivity contribution in [2.24, 2.45) is 0 Å². The summed E-state index contributed by atoms with van der Waals surface area (Å²) in [5.41, 5.74) is 2.84. The number of nitrogens with zero attached hydrogens (tertiary/aromatic N) is 3. The maximum atomic E-state index is 11.8. The van der Waals surface area contributed by atoms with Crippen molar-refractivity contribution >= 4 is 21.4 Å². The first-order valence-corrected chi connectivity index (χ1v) is 9.90. The molecule has 0 saturated carbocycles. The Kier molecular flexibility index (Phi) is 4.05. The molecule has 1 atom stereocenters. The van der Waals surface area contributed by atoms with Gasteiger partial charge in [-0.05, 0) is 38.8 Å². The molecule has 0 radical (unpaired) electrons. The summed E-state index contributed by atoms with van der Waals surface area (Å²) >= 11 is 1.65. The van der Waals surface area contributed by atoms with E-state index in [9.17, 15) is 8.42 Å². The average molecular weight is 337 g/mol. The summed E-state index contributed by atoms with van der Waals surface area (Å²) in [6, 6.07) is 3.78. The van der Waals surface area contributed by atoms with Crippen LogP contribution in [0.4, 0.5) is 0 Å². The molecule has 22 heavy (non-hydrogen) atoms. The number of hydrogen-bond acceptors (Lipinski definition) is 5. The van der Waals surface area contributed by atoms with E-state index in [1.807, 2.05) is 19.1 Å². The van der Waals surface area contributed by atoms with Crippen LogP contribution in [0, 0.1) is 13.8 Å². The van der Waals surface area contributed by atoms with Crippen LogP contribution in [0.15, 0.2) is 18.3 Å². The molecular weight excluding hydrogens is 318 g/mol. The van der Waals surface area contributed by atoms with Crippen LogP contribution in [0.5, 0.6) is 0 Å². The first kappa shape index (κ1) is 15.6. The van der Waals surface area contributed by atoms with Gasteiger partial charge in [-0.1, -0.05) is 0 Å². The molecule has 3 rings (SSSR count). The highest BCUT2D eigenvalue weighted by Crippen LogP contribution is 2.34. The molecule has 2 aromatic heterocycles. The van der Waals surface area contributed by atoms with Gasteiger partial charge in [-0.2, -0.15) is 4.31 Å². The summed E-state index contributed by atoms with van der Waals surface area (Å²) in [6.07, 6.45) is 4.77. The van der Waals surface area contributed by atoms with Crippen LogP contribution >= 0.6 is 11.3 Å². The summed E-state index contributed by atoms with van der Waals surface area (Å²) in [7, 11) is -3.18. The minimum atomic E-state index is -3.18. The summed E-state index contributed by atoms with van der Waals surface area (Å²) < 4.78 is 25.2. The molecule has 0 N–H and O–H groups in total. The SMILES string of the molecule is Cc1nc(-c2ccc([C@H]3CCCN3S(C)(=O)=O)nc2)sc1C. The number of rotatable bonds is 3. The molecule has 118 valence electrons. The van der Waals surface area contributed by atoms with Gasteiger partial charge < -0.3 is 0 Å². The van der Waals surface area contributed by atoms with Crippen LogP contribution in [0.2, 0.25) is 0 Å². The van der Waals surface area contributed by atoms with E-state index in [-0.39, 0.29) is 6.04 Å². The second-order valence-electron chi connectivity index (χ2n) is 5.66. The lowest BCUT2D eigenvalue weighted by Crippen LogP contribution is -2.29. The van der Waals surface area contributed by atoms with E-state index in [1.54, 1.807) is 21.8 Å². The van der Waals surface area contributed by atoms with Gasteiger partial charge >= 0.3 is 0 Å². The zero-order chi connectivity index (χ0) is 15.9. The van der Waals surface area contributed by atoms with E-state index in [0.717, 1.165) is 34.8 Å². The van der Waals surface area contributed by atoms with Crippen LogP contribution < -0.4 is 0 Å². The Hall–Kier alpha value is -1.31. The van der Waals surface area contributed by atoms with Gasteiger partial charge in [0.05, 0.1) is 23.7 Å². The average Bonchev–Trinajstić information content (AvgIpc) is 3.06. The first-order valence-electron chi connectivity index (χ1n) is 7.23. The van der Waals surface area contributed by atoms with Gasteiger partial charge in [0, 0.05) is 23.2 Å². The van der Waals surface area contributed by atoms with Crippen molar-refractivity contribution < 1.29 is 8.42 Å². The van der Waals surface area contributed by atoms with Crippen molar-refractivity contribution in [1.29, 1.82) is 0 Å². The standard InChI is InChI=1S/C15H19N3O2S2/c1-10-11(2)21-15(17-10)12-6-7-13(16-9-12)14-5-4-8-18(14)22(3,19)20/h6-7,9,14H,4-5,8H2,1-3H3/t14-/m1/s1. The quantitative estimate of drug-likeness (QED) is 0.864. The van der Waals surface area contributed by atoms with Gasteiger partial charge in [-0.3, -0.25) is 4.98 Å². The van der Waals surface area contributed by atoms with Gasteiger partial charge in [-0.15, -0.1) is 11.3 Å². The molecule has 1 aliphatic rings. The van der Waals surface area contributed by atoms with Crippen molar-refractivity contribution in [3.8, 4) is 10.6 Å². The normalized spacial score (nSPS) is 19.7. The topological polar surface area (TPSA) is 63.2 Å². The molecule has 0 aliphatic carbocycles. The van der Waals surface area contributed by atoms with E-state index in [4.69, 9.17) is 0 Å². The fraction of sp³-hybridized carbons (Fsp3) is 0.467. The number of aryl methyl sites for hydroxylation is 2. The second kappa shape index (κ2) is 5.72. The Bertz CT molecular complexity index is 762. The monoisotopic (exact) mass is 337 g/mol. The van der Waals surface area contributed by atoms with Gasteiger partial charge in [-0.25, -0.2) is 13.4 Å². The Labute approximate surface area is 135 Å². The molecule has 0 spiro atoms. The molecule has 3 heterocycles. The van der Waals surface area contributed by atoms with E-state index < -0.39 is 10.0 Å². The predicted molar refractivity (Wildman–Crippen MR) is 88.3 cm³/mol. The van der Waals surface area contributed by atoms with Crippen LogP contribution in [0.1, 0.15) is 35.1 Å². The van der Waals surface area contributed by atoms with Crippen LogP contribution in [-0.4, -0.2) is 35.5 Å². The Morgan fingerprint density at radius 3 is 2.64 bits per heavy atom. The Balaban J connectivity index is 1.88. The van der Waals surface area contributed by atoms with Crippen molar-refractivity contribution in [2.45, 2.75) is 32.7 Å². The Morgan fingerprint density at radius 2 is 2.09 bits per heavy atom. The number of aromatic nitrogens is 2. The Morgan fingerprint density at radius 1 is 1.32 bits per heavy atom. The highest BCUT2D eigenvalue weighted by Gasteiger charge is 2.33. The number of hydrogen-bond donors (Lipinski definition) is 0. The fourth-order valence-corrected chi connectivity index (χ4v) is 4.80. The third kappa shape index (κ3) is 2.93. The minimum absolute atomic E-state index is 0.135. The highest BCUT2D eigenvalue weighted by atomic mass is 32.2. The maximum absolute atomic E-state index is 11.8. The van der Waals surface area contributed by atoms with Crippen LogP contribution in [0.25, 0.3) is 10.6 Å². The van der Waals surface area contributed by atoms with Gasteiger partial charge in [0.2, 0.25) is 10.0 Å². The van der Waals surface area contributed by atoms with Crippen molar-refractivity contribution in [1.82, 2.24) is 14.3 Å². The van der Waals surface area contributed by atoms with Crippen molar-refractivity contribution in [2.75, 3.05) is 12.8 Å². The zero-order valence-electron chi connectivity index (χ0n) is 12.9. The molecule has 0 amide bonds. The number of sulfonamides is 1. The van der Waals surface area contributed by atoms with E-state index in [2.05, 4.69) is 16.9 Å². The smallest absolute Gasteiger partial charge is 0.211 e. The lowest BCUT2D eigenvalue weighted by Gasteiger charge is -2.21. The zero-order valence-corrected chi connectivity index (χ0v) is 14.5. The highest BCUT2D eigenvalue weighted by molar-refractivity contribution is 7.88. The molecule has 1 fully saturated rings. The number of pyridine rings is 1. The predicted octanol–water partition coefficient (Wildman–Crippen LogP) is 2.92. The van der Waals surface area contributed by atoms with Gasteiger partial charge in [0.25, 0.3) is 0 Å². The van der Waals surface area contributed by atoms with Crippen molar-refractivity contribution in [3.05, 3.63) is 34.6 Å². The summed E-state index contributed by atoms with van der Waals surface area (Å²) in [5, 5.41) is 0.959. The first-order chi connectivity index (χ1) is 10.4. The van der Waals surface area contributed by atoms with Crippen LogP contribution in [0.3, 0.4) is 0 Å². The molecule has 0 bridgehead atoms. The molecular formula is C15H19N3O2S2. The summed E-state index contributed by atoms with van der Waals surface area (Å²) in [4.78, 5) is 10.2. The summed E-state index contributed by atoms with van der Waals surface area (Å²) in [6.45, 7) is 4.64. The van der Waals surface area contributed by atoms with Crippen LogP contribution in [-0.2, 0) is 10.0 Å². The molecule has 0 unspecified atom stereocenters. The third-order valence-corrected chi connectivity index (χ3v) is 6.44. The van der Waals surface area contributed by atoms with Gasteiger partial charge in [0.15, 0.2) is 0 Å². The lowest BCUT2D eigenvalue weighted by atomic mass is 10.1. The molecule has 1 aliphatic heterocycles. The molecule has 0 aromatic carbocycles. The van der Waals surface area contributed by atoms with E-state index >= 15 is 0 Å². The summed E-state index contributed by atoms with van der Waals surface area (Å²) in [5.74, 6) is 0. The number of thiazole rings is 1. The second-order valence-corrected chi connectivity index (χ2v) is 8.80.